The van der Waals surface area contributed by atoms with E-state index in [1.807, 2.05) is 12.1 Å². The van der Waals surface area contributed by atoms with E-state index in [1.54, 1.807) is 0 Å². The van der Waals surface area contributed by atoms with Crippen LogP contribution in [0.1, 0.15) is 66.8 Å². The molecule has 0 N–H and O–H groups in total. The molecule has 0 atom stereocenters. The van der Waals surface area contributed by atoms with Crippen molar-refractivity contribution >= 4 is 44.6 Å². The van der Waals surface area contributed by atoms with Gasteiger partial charge >= 0.3 is 0 Å². The summed E-state index contributed by atoms with van der Waals surface area (Å²) in [5.74, 6) is -1.18. The largest absolute Gasteiger partial charge is 0.207 e. The molecule has 254 valence electrons. The molecule has 0 unspecified atom stereocenters. The number of hydrogen-bond acceptors (Lipinski definition) is 8. The molecule has 7 rings (SSSR count). The molecule has 2 aliphatic rings. The Morgan fingerprint density at radius 2 is 0.714 bits per heavy atom. The Balaban J connectivity index is 1.74. The summed E-state index contributed by atoms with van der Waals surface area (Å²) in [4.78, 5) is 0. The smallest absolute Gasteiger partial charge is 0.123 e. The number of benzene rings is 5. The molecule has 0 aromatic heterocycles. The minimum absolute atomic E-state index is 0.0103. The van der Waals surface area contributed by atoms with Crippen molar-refractivity contribution in [2.24, 2.45) is 0 Å². The molecule has 0 spiro atoms. The van der Waals surface area contributed by atoms with Crippen LogP contribution in [0.2, 0.25) is 0 Å². The predicted molar refractivity (Wildman–Crippen MR) is 201 cm³/mol. The number of nitriles is 8. The van der Waals surface area contributed by atoms with Crippen LogP contribution in [0, 0.1) is 102 Å². The Bertz CT molecular complexity index is 2860. The quantitative estimate of drug-likeness (QED) is 0.164. The Labute approximate surface area is 318 Å². The van der Waals surface area contributed by atoms with Crippen molar-refractivity contribution in [3.63, 3.8) is 0 Å². The molecule has 2 aliphatic carbocycles. The summed E-state index contributed by atoms with van der Waals surface area (Å²) in [7, 11) is 0. The van der Waals surface area contributed by atoms with Crippen molar-refractivity contribution < 1.29 is 8.78 Å². The van der Waals surface area contributed by atoms with Crippen LogP contribution in [0.5, 0.6) is 0 Å². The fourth-order valence-electron chi connectivity index (χ4n) is 7.21. The highest BCUT2D eigenvalue weighted by Crippen LogP contribution is 2.59. The van der Waals surface area contributed by atoms with Crippen molar-refractivity contribution in [1.82, 2.24) is 0 Å². The van der Waals surface area contributed by atoms with Crippen LogP contribution in [-0.2, 0) is 0 Å². The topological polar surface area (TPSA) is 190 Å². The van der Waals surface area contributed by atoms with Crippen LogP contribution in [-0.4, -0.2) is 0 Å². The third-order valence-electron chi connectivity index (χ3n) is 9.54. The van der Waals surface area contributed by atoms with E-state index in [1.165, 1.54) is 72.8 Å². The molecular weight excluding hydrogens is 703 g/mol. The number of rotatable bonds is 4. The molecule has 0 saturated heterocycles. The number of hydrogen-bond donors (Lipinski definition) is 0. The second-order valence-corrected chi connectivity index (χ2v) is 12.3. The highest BCUT2D eigenvalue weighted by molar-refractivity contribution is 6.36. The van der Waals surface area contributed by atoms with Gasteiger partial charge in [-0.05, 0) is 70.8 Å². The van der Waals surface area contributed by atoms with E-state index < -0.39 is 11.6 Å². The summed E-state index contributed by atoms with van der Waals surface area (Å²) in [5.41, 5.74) is 1.18. The molecule has 0 fully saturated rings. The fourth-order valence-corrected chi connectivity index (χ4v) is 7.21. The van der Waals surface area contributed by atoms with Gasteiger partial charge < -0.3 is 0 Å². The van der Waals surface area contributed by atoms with Gasteiger partial charge in [0, 0.05) is 44.5 Å². The molecule has 0 heterocycles. The highest BCUT2D eigenvalue weighted by Gasteiger charge is 2.43. The first-order valence-corrected chi connectivity index (χ1v) is 16.5. The van der Waals surface area contributed by atoms with Gasteiger partial charge in [0.25, 0.3) is 0 Å². The number of fused-ring (bicyclic) bond motifs is 2. The maximum absolute atomic E-state index is 14.3. The lowest BCUT2D eigenvalue weighted by Gasteiger charge is -2.18. The van der Waals surface area contributed by atoms with Gasteiger partial charge in [0.2, 0.25) is 0 Å². The summed E-state index contributed by atoms with van der Waals surface area (Å²) >= 11 is 0. The van der Waals surface area contributed by atoms with Gasteiger partial charge in [-0.2, -0.15) is 42.1 Å². The highest BCUT2D eigenvalue weighted by atomic mass is 19.1. The number of halogens is 2. The number of nitrogens with zero attached hydrogens (tertiary/aromatic N) is 8. The van der Waals surface area contributed by atoms with E-state index in [4.69, 9.17) is 0 Å². The second kappa shape index (κ2) is 14.1. The molecule has 10 heteroatoms. The summed E-state index contributed by atoms with van der Waals surface area (Å²) in [6.45, 7) is 0. The lowest BCUT2D eigenvalue weighted by Crippen LogP contribution is -2.05. The van der Waals surface area contributed by atoms with E-state index >= 15 is 0 Å². The van der Waals surface area contributed by atoms with Gasteiger partial charge in [-0.3, -0.25) is 0 Å². The van der Waals surface area contributed by atoms with Crippen LogP contribution >= 0.6 is 0 Å². The zero-order valence-corrected chi connectivity index (χ0v) is 28.6. The molecule has 5 aromatic rings. The predicted octanol–water partition coefficient (Wildman–Crippen LogP) is 9.22. The first-order chi connectivity index (χ1) is 27.3. The zero-order valence-electron chi connectivity index (χ0n) is 28.6. The van der Waals surface area contributed by atoms with E-state index in [0.717, 1.165) is 24.3 Å². The van der Waals surface area contributed by atoms with Crippen LogP contribution in [0.25, 0.3) is 44.6 Å². The number of allylic oxidation sites excluding steroid dienone is 8. The Morgan fingerprint density at radius 3 is 0.982 bits per heavy atom. The molecule has 0 aliphatic heterocycles. The van der Waals surface area contributed by atoms with Crippen molar-refractivity contribution in [3.8, 4) is 48.6 Å². The molecule has 0 radical (unpaired) electrons. The molecule has 5 aromatic carbocycles. The monoisotopic (exact) mass is 718 g/mol. The van der Waals surface area contributed by atoms with E-state index in [2.05, 4.69) is 36.4 Å². The van der Waals surface area contributed by atoms with Crippen LogP contribution < -0.4 is 0 Å². The lowest BCUT2D eigenvalue weighted by molar-refractivity contribution is 0.627. The first kappa shape index (κ1) is 35.3. The van der Waals surface area contributed by atoms with Gasteiger partial charge in [-0.25, -0.2) is 8.78 Å². The first-order valence-electron chi connectivity index (χ1n) is 16.5. The Kier molecular flexibility index (Phi) is 8.88. The maximum Gasteiger partial charge on any atom is 0.123 e. The van der Waals surface area contributed by atoms with Gasteiger partial charge in [-0.1, -0.05) is 48.5 Å². The second-order valence-electron chi connectivity index (χ2n) is 12.3. The van der Waals surface area contributed by atoms with Crippen molar-refractivity contribution in [1.29, 1.82) is 42.1 Å². The van der Waals surface area contributed by atoms with Crippen LogP contribution in [0.15, 0.2) is 97.1 Å². The van der Waals surface area contributed by atoms with Gasteiger partial charge in [0.05, 0.1) is 56.7 Å². The fraction of sp³-hybridized carbons (Fsp3) is 0. The third kappa shape index (κ3) is 5.36. The summed E-state index contributed by atoms with van der Waals surface area (Å²) in [6, 6.07) is 39.3. The summed E-state index contributed by atoms with van der Waals surface area (Å²) in [6.07, 6.45) is 0. The van der Waals surface area contributed by atoms with Crippen molar-refractivity contribution in [3.05, 3.63) is 175 Å². The molecular formula is C46H16F2N8. The lowest BCUT2D eigenvalue weighted by atomic mass is 9.81. The molecule has 56 heavy (non-hydrogen) atoms. The zero-order chi connectivity index (χ0) is 39.7. The van der Waals surface area contributed by atoms with E-state index in [0.29, 0.717) is 22.3 Å². The Hall–Kier alpha value is -9.16. The van der Waals surface area contributed by atoms with Crippen LogP contribution in [0.4, 0.5) is 8.78 Å². The summed E-state index contributed by atoms with van der Waals surface area (Å²) in [5, 5.41) is 84.7. The van der Waals surface area contributed by atoms with Gasteiger partial charge in [0.1, 0.15) is 48.0 Å². The normalized spacial score (nSPS) is 14.0. The van der Waals surface area contributed by atoms with Crippen molar-refractivity contribution in [2.75, 3.05) is 0 Å². The van der Waals surface area contributed by atoms with E-state index in [-0.39, 0.29) is 89.1 Å². The molecule has 8 nitrogen and oxygen atoms in total. The average molecular weight is 719 g/mol. The molecule has 0 amide bonds. The summed E-state index contributed by atoms with van der Waals surface area (Å²) < 4.78 is 28.6. The SMILES string of the molecule is N#CC1=C(c2ccc(F)cc2)/C(=C(/C#N)c2ccc(C#N)cc2)c2c(C#N)c3c(c(C#N)c21)/C(=C(\C#N)c1ccc(C#N)cc1)C(c1ccc(F)cc1)=C3C#N. The third-order valence-corrected chi connectivity index (χ3v) is 9.54. The minimum Gasteiger partial charge on any atom is -0.207 e. The average Bonchev–Trinajstić information content (AvgIpc) is 3.75. The van der Waals surface area contributed by atoms with Crippen LogP contribution in [0.3, 0.4) is 0 Å². The van der Waals surface area contributed by atoms with Crippen molar-refractivity contribution in [2.45, 2.75) is 0 Å². The van der Waals surface area contributed by atoms with Gasteiger partial charge in [0.15, 0.2) is 0 Å². The minimum atomic E-state index is -0.588. The van der Waals surface area contributed by atoms with Gasteiger partial charge in [-0.15, -0.1) is 0 Å². The molecule has 0 bridgehead atoms. The van der Waals surface area contributed by atoms with E-state index in [9.17, 15) is 50.9 Å². The standard InChI is InChI=1S/C46H16F2N8/c47-31-13-9-29(10-14-31)39-35(21-53)41-38(24-56)46-42(37(23-55)45(41)43(39)33(19-51)27-5-1-25(17-49)2-6-27)36(22-54)40(30-11-15-32(48)16-12-30)44(46)34(20-52)28-7-3-26(18-50)4-8-28/h1-16H/b43-33+,44-34+. The maximum atomic E-state index is 14.3. The molecule has 0 saturated carbocycles. The Morgan fingerprint density at radius 1 is 0.375 bits per heavy atom.